The van der Waals surface area contributed by atoms with Crippen LogP contribution in [0.4, 0.5) is 0 Å². The van der Waals surface area contributed by atoms with Gasteiger partial charge in [-0.2, -0.15) is 0 Å². The van der Waals surface area contributed by atoms with E-state index >= 15 is 0 Å². The summed E-state index contributed by atoms with van der Waals surface area (Å²) in [6, 6.07) is 22.9. The van der Waals surface area contributed by atoms with Crippen molar-refractivity contribution in [1.29, 1.82) is 0 Å². The van der Waals surface area contributed by atoms with Gasteiger partial charge in [0.2, 0.25) is 0 Å². The molecule has 1 aliphatic heterocycles. The van der Waals surface area contributed by atoms with E-state index in [0.29, 0.717) is 17.2 Å². The lowest BCUT2D eigenvalue weighted by molar-refractivity contribution is 0.0638. The second kappa shape index (κ2) is 9.22. The molecule has 6 heteroatoms. The highest BCUT2D eigenvalue weighted by molar-refractivity contribution is 7.90. The molecule has 0 spiro atoms. The van der Waals surface area contributed by atoms with Gasteiger partial charge in [-0.3, -0.25) is 4.90 Å². The molecule has 0 bridgehead atoms. The van der Waals surface area contributed by atoms with Gasteiger partial charge in [0.05, 0.1) is 4.90 Å². The van der Waals surface area contributed by atoms with E-state index in [-0.39, 0.29) is 6.61 Å². The number of sulfone groups is 1. The molecule has 0 aromatic heterocycles. The first-order chi connectivity index (χ1) is 14.9. The molecule has 1 unspecified atom stereocenters. The van der Waals surface area contributed by atoms with Crippen LogP contribution in [-0.4, -0.2) is 50.5 Å². The number of hydrogen-bond donors (Lipinski definition) is 1. The Bertz CT molecular complexity index is 1140. The van der Waals surface area contributed by atoms with Gasteiger partial charge < -0.3 is 9.84 Å². The number of fused-ring (bicyclic) bond motifs is 1. The Morgan fingerprint density at radius 2 is 1.71 bits per heavy atom. The minimum absolute atomic E-state index is 0.217. The molecule has 0 fully saturated rings. The monoisotopic (exact) mass is 437 g/mol. The average Bonchev–Trinajstić information content (AvgIpc) is 2.77. The molecular formula is C25H27NO4S. The third-order valence-corrected chi connectivity index (χ3v) is 6.70. The summed E-state index contributed by atoms with van der Waals surface area (Å²) in [6.07, 6.45) is 1.62. The molecule has 4 rings (SSSR count). The summed E-state index contributed by atoms with van der Waals surface area (Å²) in [5.41, 5.74) is 4.56. The van der Waals surface area contributed by atoms with Crippen LogP contribution < -0.4 is 4.74 Å². The minimum atomic E-state index is -3.21. The van der Waals surface area contributed by atoms with Crippen LogP contribution in [0.15, 0.2) is 77.7 Å². The van der Waals surface area contributed by atoms with E-state index in [1.807, 2.05) is 24.3 Å². The zero-order chi connectivity index (χ0) is 21.8. The number of benzene rings is 3. The van der Waals surface area contributed by atoms with Gasteiger partial charge in [0, 0.05) is 25.9 Å². The predicted octanol–water partition coefficient (Wildman–Crippen LogP) is 3.56. The molecule has 162 valence electrons. The van der Waals surface area contributed by atoms with Gasteiger partial charge in [-0.1, -0.05) is 48.5 Å². The van der Waals surface area contributed by atoms with Crippen molar-refractivity contribution in [3.63, 3.8) is 0 Å². The topological polar surface area (TPSA) is 66.8 Å². The molecule has 0 amide bonds. The molecule has 1 atom stereocenters. The Morgan fingerprint density at radius 3 is 2.45 bits per heavy atom. The van der Waals surface area contributed by atoms with Crippen LogP contribution in [0.2, 0.25) is 0 Å². The first-order valence-corrected chi connectivity index (χ1v) is 12.3. The van der Waals surface area contributed by atoms with Gasteiger partial charge in [-0.15, -0.1) is 0 Å². The van der Waals surface area contributed by atoms with E-state index in [4.69, 9.17) is 4.74 Å². The van der Waals surface area contributed by atoms with E-state index in [1.54, 1.807) is 24.3 Å². The SMILES string of the molecule is CS(=O)(=O)c1ccc(-c2cccc(OCC(O)CN3CCc4ccccc4C3)c2)cc1. The molecular weight excluding hydrogens is 410 g/mol. The maximum Gasteiger partial charge on any atom is 0.175 e. The molecule has 1 heterocycles. The second-order valence-electron chi connectivity index (χ2n) is 8.04. The molecule has 3 aromatic rings. The van der Waals surface area contributed by atoms with E-state index in [1.165, 1.54) is 17.4 Å². The molecule has 31 heavy (non-hydrogen) atoms. The fraction of sp³-hybridized carbons (Fsp3) is 0.280. The smallest absolute Gasteiger partial charge is 0.175 e. The Balaban J connectivity index is 1.34. The molecule has 0 radical (unpaired) electrons. The largest absolute Gasteiger partial charge is 0.491 e. The highest BCUT2D eigenvalue weighted by Crippen LogP contribution is 2.25. The Labute approximate surface area is 183 Å². The summed E-state index contributed by atoms with van der Waals surface area (Å²) >= 11 is 0. The number of aliphatic hydroxyl groups excluding tert-OH is 1. The standard InChI is InChI=1S/C25H27NO4S/c1-31(28,29)25-11-9-20(10-12-25)21-7-4-8-24(15-21)30-18-23(27)17-26-14-13-19-5-2-3-6-22(19)16-26/h2-12,15,23,27H,13-14,16-18H2,1H3. The summed E-state index contributed by atoms with van der Waals surface area (Å²) in [7, 11) is -3.21. The van der Waals surface area contributed by atoms with E-state index in [0.717, 1.165) is 30.6 Å². The minimum Gasteiger partial charge on any atom is -0.491 e. The van der Waals surface area contributed by atoms with Crippen LogP contribution in [0.25, 0.3) is 11.1 Å². The summed E-state index contributed by atoms with van der Waals surface area (Å²) in [5.74, 6) is 0.674. The first-order valence-electron chi connectivity index (χ1n) is 10.4. The number of hydrogen-bond acceptors (Lipinski definition) is 5. The van der Waals surface area contributed by atoms with Crippen LogP contribution in [0.1, 0.15) is 11.1 Å². The normalized spacial score (nSPS) is 15.3. The van der Waals surface area contributed by atoms with Crippen LogP contribution in [0, 0.1) is 0 Å². The van der Waals surface area contributed by atoms with Crippen LogP contribution in [-0.2, 0) is 22.8 Å². The third-order valence-electron chi connectivity index (χ3n) is 5.57. The molecule has 0 aliphatic carbocycles. The number of β-amino-alcohol motifs (C(OH)–C–C–N with tert-alkyl or cyclic N) is 1. The molecule has 1 N–H and O–H groups in total. The summed E-state index contributed by atoms with van der Waals surface area (Å²) in [5, 5.41) is 10.5. The van der Waals surface area contributed by atoms with Gasteiger partial charge in [0.25, 0.3) is 0 Å². The highest BCUT2D eigenvalue weighted by atomic mass is 32.2. The van der Waals surface area contributed by atoms with Gasteiger partial charge in [0.15, 0.2) is 9.84 Å². The van der Waals surface area contributed by atoms with Gasteiger partial charge in [-0.05, 0) is 52.9 Å². The lowest BCUT2D eigenvalue weighted by Crippen LogP contribution is -2.38. The Morgan fingerprint density at radius 1 is 0.968 bits per heavy atom. The van der Waals surface area contributed by atoms with Gasteiger partial charge in [-0.25, -0.2) is 8.42 Å². The third kappa shape index (κ3) is 5.53. The molecule has 5 nitrogen and oxygen atoms in total. The van der Waals surface area contributed by atoms with E-state index < -0.39 is 15.9 Å². The van der Waals surface area contributed by atoms with Crippen molar-refractivity contribution in [3.8, 4) is 16.9 Å². The number of aliphatic hydroxyl groups is 1. The molecule has 0 saturated carbocycles. The fourth-order valence-corrected chi connectivity index (χ4v) is 4.54. The quantitative estimate of drug-likeness (QED) is 0.612. The number of nitrogens with zero attached hydrogens (tertiary/aromatic N) is 1. The van der Waals surface area contributed by atoms with Crippen molar-refractivity contribution in [3.05, 3.63) is 83.9 Å². The van der Waals surface area contributed by atoms with Gasteiger partial charge >= 0.3 is 0 Å². The fourth-order valence-electron chi connectivity index (χ4n) is 3.91. The van der Waals surface area contributed by atoms with Gasteiger partial charge in [0.1, 0.15) is 18.5 Å². The van der Waals surface area contributed by atoms with Crippen molar-refractivity contribution in [2.45, 2.75) is 24.0 Å². The zero-order valence-electron chi connectivity index (χ0n) is 17.6. The maximum atomic E-state index is 11.6. The second-order valence-corrected chi connectivity index (χ2v) is 10.1. The van der Waals surface area contributed by atoms with Crippen molar-refractivity contribution in [1.82, 2.24) is 4.90 Å². The van der Waals surface area contributed by atoms with Crippen molar-refractivity contribution in [2.75, 3.05) is 26.0 Å². The van der Waals surface area contributed by atoms with Crippen molar-refractivity contribution >= 4 is 9.84 Å². The number of rotatable bonds is 7. The molecule has 3 aromatic carbocycles. The Hall–Kier alpha value is -2.67. The number of ether oxygens (including phenoxy) is 1. The summed E-state index contributed by atoms with van der Waals surface area (Å²) < 4.78 is 29.1. The van der Waals surface area contributed by atoms with Crippen LogP contribution in [0.3, 0.4) is 0 Å². The lowest BCUT2D eigenvalue weighted by Gasteiger charge is -2.30. The molecule has 1 aliphatic rings. The van der Waals surface area contributed by atoms with Crippen molar-refractivity contribution in [2.24, 2.45) is 0 Å². The van der Waals surface area contributed by atoms with Crippen LogP contribution in [0.5, 0.6) is 5.75 Å². The van der Waals surface area contributed by atoms with E-state index in [9.17, 15) is 13.5 Å². The summed E-state index contributed by atoms with van der Waals surface area (Å²) in [4.78, 5) is 2.56. The maximum absolute atomic E-state index is 11.6. The first kappa shape index (κ1) is 21.6. The van der Waals surface area contributed by atoms with Crippen molar-refractivity contribution < 1.29 is 18.3 Å². The Kier molecular flexibility index (Phi) is 6.41. The lowest BCUT2D eigenvalue weighted by atomic mass is 10.00. The van der Waals surface area contributed by atoms with Crippen LogP contribution >= 0.6 is 0 Å². The zero-order valence-corrected chi connectivity index (χ0v) is 18.4. The molecule has 0 saturated heterocycles. The predicted molar refractivity (Wildman–Crippen MR) is 122 cm³/mol. The highest BCUT2D eigenvalue weighted by Gasteiger charge is 2.18. The summed E-state index contributed by atoms with van der Waals surface area (Å²) in [6.45, 7) is 2.58. The average molecular weight is 438 g/mol. The van der Waals surface area contributed by atoms with E-state index in [2.05, 4.69) is 29.2 Å².